The highest BCUT2D eigenvalue weighted by Crippen LogP contribution is 2.35. The Kier molecular flexibility index (Phi) is 6.25. The van der Waals surface area contributed by atoms with Gasteiger partial charge in [-0.3, -0.25) is 8.78 Å². The topological polar surface area (TPSA) is 69.9 Å². The molecular formula is C21H23ClN4O2S. The molecule has 1 fully saturated rings. The summed E-state index contributed by atoms with van der Waals surface area (Å²) in [5.74, 6) is 2.96. The van der Waals surface area contributed by atoms with E-state index in [9.17, 15) is 4.21 Å². The fourth-order valence-corrected chi connectivity index (χ4v) is 4.44. The molecule has 0 bridgehead atoms. The highest BCUT2D eigenvalue weighted by Gasteiger charge is 2.29. The second kappa shape index (κ2) is 9.05. The van der Waals surface area contributed by atoms with Crippen molar-refractivity contribution in [1.29, 1.82) is 0 Å². The second-order valence-electron chi connectivity index (χ2n) is 7.26. The molecule has 1 aliphatic rings. The molecule has 0 amide bonds. The van der Waals surface area contributed by atoms with Crippen LogP contribution in [0.4, 0.5) is 0 Å². The zero-order valence-corrected chi connectivity index (χ0v) is 17.8. The summed E-state index contributed by atoms with van der Waals surface area (Å²) < 4.78 is 19.9. The van der Waals surface area contributed by atoms with E-state index >= 15 is 0 Å². The van der Waals surface area contributed by atoms with Crippen molar-refractivity contribution in [3.8, 4) is 11.6 Å². The summed E-state index contributed by atoms with van der Waals surface area (Å²) in [5.41, 5.74) is 0.946. The Morgan fingerprint density at radius 1 is 1.10 bits per heavy atom. The molecule has 0 unspecified atom stereocenters. The summed E-state index contributed by atoms with van der Waals surface area (Å²) >= 11 is 6.06. The van der Waals surface area contributed by atoms with Gasteiger partial charge in [-0.25, -0.2) is 4.98 Å². The predicted octanol–water partition coefficient (Wildman–Crippen LogP) is 4.30. The van der Waals surface area contributed by atoms with Crippen LogP contribution in [0.3, 0.4) is 0 Å². The Balaban J connectivity index is 1.53. The molecule has 1 aliphatic carbocycles. The SMILES string of the molecule is C[S@](=O)Cc1nnc(C2CCC(Oc3ccccn3)CC2)n1-c1ccc(Cl)cc1. The van der Waals surface area contributed by atoms with Crippen LogP contribution in [0, 0.1) is 0 Å². The first-order chi connectivity index (χ1) is 14.1. The van der Waals surface area contributed by atoms with E-state index in [1.54, 1.807) is 12.5 Å². The highest BCUT2D eigenvalue weighted by molar-refractivity contribution is 7.83. The molecule has 0 radical (unpaired) electrons. The van der Waals surface area contributed by atoms with Crippen molar-refractivity contribution in [1.82, 2.24) is 19.7 Å². The van der Waals surface area contributed by atoms with Gasteiger partial charge in [0.2, 0.25) is 5.88 Å². The summed E-state index contributed by atoms with van der Waals surface area (Å²) in [6, 6.07) is 13.3. The van der Waals surface area contributed by atoms with Crippen molar-refractivity contribution >= 4 is 22.4 Å². The molecule has 0 saturated heterocycles. The van der Waals surface area contributed by atoms with E-state index in [0.29, 0.717) is 16.7 Å². The summed E-state index contributed by atoms with van der Waals surface area (Å²) in [4.78, 5) is 4.25. The molecule has 0 spiro atoms. The minimum absolute atomic E-state index is 0.163. The van der Waals surface area contributed by atoms with Gasteiger partial charge in [-0.05, 0) is 56.0 Å². The molecular weight excluding hydrogens is 408 g/mol. The first-order valence-corrected chi connectivity index (χ1v) is 11.8. The molecule has 29 heavy (non-hydrogen) atoms. The Morgan fingerprint density at radius 2 is 1.86 bits per heavy atom. The number of pyridine rings is 1. The number of rotatable bonds is 6. The monoisotopic (exact) mass is 430 g/mol. The van der Waals surface area contributed by atoms with E-state index < -0.39 is 10.8 Å². The van der Waals surface area contributed by atoms with Crippen LogP contribution >= 0.6 is 11.6 Å². The molecule has 2 heterocycles. The lowest BCUT2D eigenvalue weighted by atomic mass is 9.86. The number of aromatic nitrogens is 4. The maximum Gasteiger partial charge on any atom is 0.213 e. The fraction of sp³-hybridized carbons (Fsp3) is 0.381. The Labute approximate surface area is 177 Å². The maximum atomic E-state index is 11.8. The van der Waals surface area contributed by atoms with E-state index in [0.717, 1.165) is 43.0 Å². The van der Waals surface area contributed by atoms with Crippen molar-refractivity contribution in [3.05, 3.63) is 65.3 Å². The van der Waals surface area contributed by atoms with E-state index in [-0.39, 0.29) is 12.0 Å². The van der Waals surface area contributed by atoms with E-state index in [1.165, 1.54) is 0 Å². The molecule has 1 saturated carbocycles. The number of nitrogens with zero attached hydrogens (tertiary/aromatic N) is 4. The third kappa shape index (κ3) is 4.85. The zero-order chi connectivity index (χ0) is 20.2. The molecule has 8 heteroatoms. The van der Waals surface area contributed by atoms with Crippen LogP contribution in [0.15, 0.2) is 48.7 Å². The lowest BCUT2D eigenvalue weighted by Crippen LogP contribution is -2.25. The van der Waals surface area contributed by atoms with Crippen molar-refractivity contribution in [2.75, 3.05) is 6.26 Å². The van der Waals surface area contributed by atoms with Gasteiger partial charge in [-0.15, -0.1) is 10.2 Å². The van der Waals surface area contributed by atoms with Crippen LogP contribution in [-0.2, 0) is 16.6 Å². The van der Waals surface area contributed by atoms with Crippen molar-refractivity contribution in [2.24, 2.45) is 0 Å². The van der Waals surface area contributed by atoms with E-state index in [2.05, 4.69) is 15.2 Å². The summed E-state index contributed by atoms with van der Waals surface area (Å²) in [7, 11) is -1.00. The van der Waals surface area contributed by atoms with Crippen molar-refractivity contribution in [2.45, 2.75) is 43.5 Å². The summed E-state index contributed by atoms with van der Waals surface area (Å²) in [6.45, 7) is 0. The third-order valence-corrected chi connectivity index (χ3v) is 6.05. The van der Waals surface area contributed by atoms with E-state index in [1.807, 2.05) is 47.0 Å². The minimum atomic E-state index is -1.00. The standard InChI is InChI=1S/C21H23ClN4O2S/c1-29(27)14-19-24-25-21(26(19)17-9-7-16(22)8-10-17)15-5-11-18(12-6-15)28-20-4-2-3-13-23-20/h2-4,7-10,13,15,18H,5-6,11-12,14H2,1H3/t15?,18?,29-/m0/s1. The van der Waals surface area contributed by atoms with Gasteiger partial charge in [0.1, 0.15) is 17.8 Å². The Hall–Kier alpha value is -2.25. The van der Waals surface area contributed by atoms with Gasteiger partial charge in [0.25, 0.3) is 0 Å². The third-order valence-electron chi connectivity index (χ3n) is 5.14. The molecule has 4 rings (SSSR count). The largest absolute Gasteiger partial charge is 0.474 e. The van der Waals surface area contributed by atoms with Crippen molar-refractivity contribution < 1.29 is 8.95 Å². The normalized spacial score (nSPS) is 20.3. The predicted molar refractivity (Wildman–Crippen MR) is 114 cm³/mol. The van der Waals surface area contributed by atoms with Crippen LogP contribution in [0.25, 0.3) is 5.69 Å². The van der Waals surface area contributed by atoms with Gasteiger partial charge in [-0.1, -0.05) is 17.7 Å². The van der Waals surface area contributed by atoms with Crippen LogP contribution in [0.2, 0.25) is 5.02 Å². The molecule has 3 aromatic rings. The average molecular weight is 431 g/mol. The first kappa shape index (κ1) is 20.0. The number of hydrogen-bond acceptors (Lipinski definition) is 5. The molecule has 1 aromatic carbocycles. The number of hydrogen-bond donors (Lipinski definition) is 0. The lowest BCUT2D eigenvalue weighted by Gasteiger charge is -2.28. The van der Waals surface area contributed by atoms with Gasteiger partial charge in [0.15, 0.2) is 0 Å². The van der Waals surface area contributed by atoms with Crippen molar-refractivity contribution in [3.63, 3.8) is 0 Å². The Bertz CT molecular complexity index is 970. The average Bonchev–Trinajstić information content (AvgIpc) is 3.13. The number of ether oxygens (including phenoxy) is 1. The first-order valence-electron chi connectivity index (χ1n) is 9.68. The maximum absolute atomic E-state index is 11.8. The zero-order valence-electron chi connectivity index (χ0n) is 16.2. The number of halogens is 1. The van der Waals surface area contributed by atoms with Gasteiger partial charge >= 0.3 is 0 Å². The molecule has 2 aromatic heterocycles. The quantitative estimate of drug-likeness (QED) is 0.583. The van der Waals surface area contributed by atoms with E-state index in [4.69, 9.17) is 16.3 Å². The highest BCUT2D eigenvalue weighted by atomic mass is 35.5. The minimum Gasteiger partial charge on any atom is -0.474 e. The van der Waals surface area contributed by atoms with Gasteiger partial charge in [0.05, 0.1) is 5.75 Å². The molecule has 0 aliphatic heterocycles. The molecule has 152 valence electrons. The molecule has 0 N–H and O–H groups in total. The Morgan fingerprint density at radius 3 is 2.52 bits per heavy atom. The van der Waals surface area contributed by atoms with Crippen LogP contribution < -0.4 is 4.74 Å². The van der Waals surface area contributed by atoms with Gasteiger partial charge in [0, 0.05) is 45.9 Å². The fourth-order valence-electron chi connectivity index (χ4n) is 3.77. The molecule has 1 atom stereocenters. The number of benzene rings is 1. The van der Waals surface area contributed by atoms with Crippen LogP contribution in [-0.4, -0.2) is 36.3 Å². The smallest absolute Gasteiger partial charge is 0.213 e. The van der Waals surface area contributed by atoms with Gasteiger partial charge < -0.3 is 4.74 Å². The lowest BCUT2D eigenvalue weighted by molar-refractivity contribution is 0.139. The van der Waals surface area contributed by atoms with Crippen LogP contribution in [0.1, 0.15) is 43.3 Å². The summed E-state index contributed by atoms with van der Waals surface area (Å²) in [6.07, 6.45) is 7.37. The van der Waals surface area contributed by atoms with Crippen LogP contribution in [0.5, 0.6) is 5.88 Å². The summed E-state index contributed by atoms with van der Waals surface area (Å²) in [5, 5.41) is 9.53. The second-order valence-corrected chi connectivity index (χ2v) is 9.13. The molecule has 6 nitrogen and oxygen atoms in total. The van der Waals surface area contributed by atoms with Gasteiger partial charge in [-0.2, -0.15) is 0 Å².